The summed E-state index contributed by atoms with van der Waals surface area (Å²) in [6.45, 7) is 9.06. The van der Waals surface area contributed by atoms with Gasteiger partial charge in [-0.2, -0.15) is 5.10 Å². The Balaban J connectivity index is 2.02. The maximum Gasteiger partial charge on any atom is 0.122 e. The van der Waals surface area contributed by atoms with Crippen molar-refractivity contribution in [2.45, 2.75) is 59.4 Å². The molecule has 0 radical (unpaired) electrons. The van der Waals surface area contributed by atoms with Gasteiger partial charge in [0, 0.05) is 6.07 Å². The molecule has 1 aliphatic rings. The maximum atomic E-state index is 5.99. The lowest BCUT2D eigenvalue weighted by molar-refractivity contribution is 0.148. The van der Waals surface area contributed by atoms with Crippen molar-refractivity contribution in [1.82, 2.24) is 9.78 Å². The molecular formula is C14H25N3. The fourth-order valence-electron chi connectivity index (χ4n) is 3.02. The summed E-state index contributed by atoms with van der Waals surface area (Å²) < 4.78 is 2.04. The summed E-state index contributed by atoms with van der Waals surface area (Å²) in [5, 5.41) is 4.51. The molecule has 0 amide bonds. The zero-order valence-electron chi connectivity index (χ0n) is 11.5. The molecule has 2 N–H and O–H groups in total. The van der Waals surface area contributed by atoms with Crippen LogP contribution >= 0.6 is 0 Å². The SMILES string of the molecule is Cc1cc(N)n(C2CCC(C(C)(C)C)CC2)n1. The van der Waals surface area contributed by atoms with Gasteiger partial charge in [-0.1, -0.05) is 20.8 Å². The van der Waals surface area contributed by atoms with Crippen LogP contribution in [0.25, 0.3) is 0 Å². The van der Waals surface area contributed by atoms with Crippen LogP contribution in [0.4, 0.5) is 5.82 Å². The largest absolute Gasteiger partial charge is 0.384 e. The minimum atomic E-state index is 0.441. The van der Waals surface area contributed by atoms with Crippen molar-refractivity contribution in [3.8, 4) is 0 Å². The van der Waals surface area contributed by atoms with Crippen LogP contribution in [0.5, 0.6) is 0 Å². The third-order valence-electron chi connectivity index (χ3n) is 4.15. The number of nitrogens with zero attached hydrogens (tertiary/aromatic N) is 2. The number of rotatable bonds is 1. The van der Waals surface area contributed by atoms with Crippen molar-refractivity contribution in [2.75, 3.05) is 5.73 Å². The minimum Gasteiger partial charge on any atom is -0.384 e. The molecule has 3 nitrogen and oxygen atoms in total. The van der Waals surface area contributed by atoms with E-state index < -0.39 is 0 Å². The van der Waals surface area contributed by atoms with Crippen LogP contribution in [-0.4, -0.2) is 9.78 Å². The van der Waals surface area contributed by atoms with Crippen molar-refractivity contribution < 1.29 is 0 Å². The van der Waals surface area contributed by atoms with Gasteiger partial charge in [0.2, 0.25) is 0 Å². The first-order valence-electron chi connectivity index (χ1n) is 6.69. The normalized spacial score (nSPS) is 26.1. The highest BCUT2D eigenvalue weighted by Crippen LogP contribution is 2.41. The van der Waals surface area contributed by atoms with E-state index in [1.54, 1.807) is 0 Å². The summed E-state index contributed by atoms with van der Waals surface area (Å²) in [5.74, 6) is 1.67. The molecule has 0 spiro atoms. The first kappa shape index (κ1) is 12.5. The number of aromatic nitrogens is 2. The van der Waals surface area contributed by atoms with Gasteiger partial charge in [0.25, 0.3) is 0 Å². The van der Waals surface area contributed by atoms with Crippen LogP contribution in [0, 0.1) is 18.3 Å². The fraction of sp³-hybridized carbons (Fsp3) is 0.786. The highest BCUT2D eigenvalue weighted by atomic mass is 15.3. The van der Waals surface area contributed by atoms with Gasteiger partial charge in [-0.05, 0) is 43.9 Å². The molecule has 0 unspecified atom stereocenters. The van der Waals surface area contributed by atoms with E-state index in [0.717, 1.165) is 17.4 Å². The molecular weight excluding hydrogens is 210 g/mol. The van der Waals surface area contributed by atoms with E-state index in [1.165, 1.54) is 25.7 Å². The Morgan fingerprint density at radius 2 is 1.82 bits per heavy atom. The summed E-state index contributed by atoms with van der Waals surface area (Å²) in [5.41, 5.74) is 7.46. The van der Waals surface area contributed by atoms with Gasteiger partial charge < -0.3 is 5.73 Å². The quantitative estimate of drug-likeness (QED) is 0.809. The molecule has 17 heavy (non-hydrogen) atoms. The van der Waals surface area contributed by atoms with Gasteiger partial charge in [0.05, 0.1) is 11.7 Å². The van der Waals surface area contributed by atoms with Crippen LogP contribution in [0.2, 0.25) is 0 Å². The lowest BCUT2D eigenvalue weighted by Gasteiger charge is -2.37. The minimum absolute atomic E-state index is 0.441. The average molecular weight is 235 g/mol. The Hall–Kier alpha value is -0.990. The number of anilines is 1. The van der Waals surface area contributed by atoms with Gasteiger partial charge in [-0.15, -0.1) is 0 Å². The highest BCUT2D eigenvalue weighted by molar-refractivity contribution is 5.30. The Labute approximate surface area is 104 Å². The van der Waals surface area contributed by atoms with Gasteiger partial charge in [0.1, 0.15) is 5.82 Å². The second kappa shape index (κ2) is 4.35. The Kier molecular flexibility index (Phi) is 3.19. The van der Waals surface area contributed by atoms with Crippen molar-refractivity contribution in [1.29, 1.82) is 0 Å². The zero-order valence-corrected chi connectivity index (χ0v) is 11.5. The second-order valence-electron chi connectivity index (χ2n) is 6.53. The molecule has 1 saturated carbocycles. The highest BCUT2D eigenvalue weighted by Gasteiger charge is 2.30. The van der Waals surface area contributed by atoms with E-state index in [4.69, 9.17) is 5.73 Å². The molecule has 1 aliphatic carbocycles. The third-order valence-corrected chi connectivity index (χ3v) is 4.15. The molecule has 96 valence electrons. The van der Waals surface area contributed by atoms with E-state index >= 15 is 0 Å². The van der Waals surface area contributed by atoms with Crippen molar-refractivity contribution >= 4 is 5.82 Å². The third kappa shape index (κ3) is 2.64. The molecule has 1 aromatic heterocycles. The molecule has 0 atom stereocenters. The molecule has 1 aromatic rings. The first-order chi connectivity index (χ1) is 7.88. The molecule has 0 aliphatic heterocycles. The monoisotopic (exact) mass is 235 g/mol. The predicted octanol–water partition coefficient (Wildman–Crippen LogP) is 3.55. The van der Waals surface area contributed by atoms with Crippen LogP contribution in [0.15, 0.2) is 6.07 Å². The molecule has 0 bridgehead atoms. The topological polar surface area (TPSA) is 43.8 Å². The van der Waals surface area contributed by atoms with Crippen LogP contribution < -0.4 is 5.73 Å². The molecule has 3 heteroatoms. The zero-order chi connectivity index (χ0) is 12.6. The van der Waals surface area contributed by atoms with E-state index in [1.807, 2.05) is 17.7 Å². The Bertz CT molecular complexity index is 379. The Morgan fingerprint density at radius 1 is 1.24 bits per heavy atom. The molecule has 1 fully saturated rings. The van der Waals surface area contributed by atoms with Crippen molar-refractivity contribution in [2.24, 2.45) is 11.3 Å². The van der Waals surface area contributed by atoms with Crippen LogP contribution in [0.1, 0.15) is 58.2 Å². The summed E-state index contributed by atoms with van der Waals surface area (Å²) >= 11 is 0. The second-order valence-corrected chi connectivity index (χ2v) is 6.53. The molecule has 2 rings (SSSR count). The summed E-state index contributed by atoms with van der Waals surface area (Å²) in [4.78, 5) is 0. The number of nitrogens with two attached hydrogens (primary N) is 1. The van der Waals surface area contributed by atoms with Gasteiger partial charge in [0.15, 0.2) is 0 Å². The lowest BCUT2D eigenvalue weighted by Crippen LogP contribution is -2.27. The van der Waals surface area contributed by atoms with E-state index in [-0.39, 0.29) is 0 Å². The number of nitrogen functional groups attached to an aromatic ring is 1. The standard InChI is InChI=1S/C14H25N3/c1-10-9-13(15)17(16-10)12-7-5-11(6-8-12)14(2,3)4/h9,11-12H,5-8,15H2,1-4H3. The van der Waals surface area contributed by atoms with E-state index in [0.29, 0.717) is 11.5 Å². The molecule has 1 heterocycles. The van der Waals surface area contributed by atoms with Crippen LogP contribution in [0.3, 0.4) is 0 Å². The van der Waals surface area contributed by atoms with Crippen molar-refractivity contribution in [3.05, 3.63) is 11.8 Å². The first-order valence-corrected chi connectivity index (χ1v) is 6.69. The lowest BCUT2D eigenvalue weighted by atomic mass is 9.71. The number of hydrogen-bond donors (Lipinski definition) is 1. The smallest absolute Gasteiger partial charge is 0.122 e. The van der Waals surface area contributed by atoms with Gasteiger partial charge in [-0.25, -0.2) is 4.68 Å². The Morgan fingerprint density at radius 3 is 2.24 bits per heavy atom. The number of hydrogen-bond acceptors (Lipinski definition) is 2. The molecule has 0 aromatic carbocycles. The number of aryl methyl sites for hydroxylation is 1. The fourth-order valence-corrected chi connectivity index (χ4v) is 3.02. The van der Waals surface area contributed by atoms with Crippen molar-refractivity contribution in [3.63, 3.8) is 0 Å². The van der Waals surface area contributed by atoms with Gasteiger partial charge in [-0.3, -0.25) is 0 Å². The summed E-state index contributed by atoms with van der Waals surface area (Å²) in [6, 6.07) is 2.48. The average Bonchev–Trinajstić information content (AvgIpc) is 2.57. The predicted molar refractivity (Wildman–Crippen MR) is 71.8 cm³/mol. The van der Waals surface area contributed by atoms with E-state index in [9.17, 15) is 0 Å². The van der Waals surface area contributed by atoms with E-state index in [2.05, 4.69) is 25.9 Å². The van der Waals surface area contributed by atoms with Crippen LogP contribution in [-0.2, 0) is 0 Å². The maximum absolute atomic E-state index is 5.99. The summed E-state index contributed by atoms with van der Waals surface area (Å²) in [7, 11) is 0. The summed E-state index contributed by atoms with van der Waals surface area (Å²) in [6.07, 6.45) is 5.03. The molecule has 0 saturated heterocycles. The van der Waals surface area contributed by atoms with Gasteiger partial charge >= 0.3 is 0 Å².